The van der Waals surface area contributed by atoms with Crippen molar-refractivity contribution in [2.75, 3.05) is 0 Å². The van der Waals surface area contributed by atoms with Crippen molar-refractivity contribution in [3.05, 3.63) is 83.4 Å². The van der Waals surface area contributed by atoms with Gasteiger partial charge in [0.2, 0.25) is 0 Å². The van der Waals surface area contributed by atoms with Crippen molar-refractivity contribution in [1.29, 1.82) is 0 Å². The summed E-state index contributed by atoms with van der Waals surface area (Å²) in [5.74, 6) is 0. The summed E-state index contributed by atoms with van der Waals surface area (Å²) >= 11 is 0. The Hall–Kier alpha value is -2.34. The minimum atomic E-state index is 1.09. The van der Waals surface area contributed by atoms with Gasteiger partial charge in [-0.05, 0) is 57.9 Å². The lowest BCUT2D eigenvalue weighted by atomic mass is 9.92. The van der Waals surface area contributed by atoms with Crippen LogP contribution < -0.4 is 0 Å². The molecule has 22 heavy (non-hydrogen) atoms. The van der Waals surface area contributed by atoms with Gasteiger partial charge in [0.25, 0.3) is 0 Å². The fourth-order valence-corrected chi connectivity index (χ4v) is 3.60. The summed E-state index contributed by atoms with van der Waals surface area (Å²) in [6.45, 7) is 2.27. The zero-order chi connectivity index (χ0) is 14.9. The molecule has 0 heterocycles. The largest absolute Gasteiger partial charge is 0.0651 e. The summed E-state index contributed by atoms with van der Waals surface area (Å²) in [4.78, 5) is 0. The Labute approximate surface area is 132 Å². The van der Waals surface area contributed by atoms with Gasteiger partial charge >= 0.3 is 0 Å². The number of fused-ring (bicyclic) bond motifs is 3. The summed E-state index contributed by atoms with van der Waals surface area (Å²) in [5.41, 5.74) is 10.1. The van der Waals surface area contributed by atoms with Gasteiger partial charge in [0.1, 0.15) is 0 Å². The molecule has 0 aromatic heterocycles. The fraction of sp³-hybridized carbons (Fsp3) is 0.182. The SMILES string of the molecule is CCCc1cc(-c2ccccc2)cc2c1Cc1ccccc1-2. The van der Waals surface area contributed by atoms with Gasteiger partial charge in [0, 0.05) is 0 Å². The van der Waals surface area contributed by atoms with E-state index in [0.717, 1.165) is 12.8 Å². The Morgan fingerprint density at radius 2 is 1.55 bits per heavy atom. The fourth-order valence-electron chi connectivity index (χ4n) is 3.60. The van der Waals surface area contributed by atoms with Crippen LogP contribution in [0.2, 0.25) is 0 Å². The van der Waals surface area contributed by atoms with Gasteiger partial charge in [-0.1, -0.05) is 74.0 Å². The minimum Gasteiger partial charge on any atom is -0.0651 e. The highest BCUT2D eigenvalue weighted by Gasteiger charge is 2.21. The number of rotatable bonds is 3. The first kappa shape index (κ1) is 13.3. The Morgan fingerprint density at radius 1 is 0.773 bits per heavy atom. The molecule has 0 radical (unpaired) electrons. The average molecular weight is 284 g/mol. The predicted octanol–water partition coefficient (Wildman–Crippen LogP) is 5.88. The Morgan fingerprint density at radius 3 is 2.36 bits per heavy atom. The third kappa shape index (κ3) is 2.16. The van der Waals surface area contributed by atoms with Crippen LogP contribution in [0.15, 0.2) is 66.7 Å². The van der Waals surface area contributed by atoms with Crippen LogP contribution in [0.4, 0.5) is 0 Å². The van der Waals surface area contributed by atoms with Crippen LogP contribution in [0.3, 0.4) is 0 Å². The van der Waals surface area contributed by atoms with Crippen LogP contribution in [-0.2, 0) is 12.8 Å². The maximum absolute atomic E-state index is 2.41. The monoisotopic (exact) mass is 284 g/mol. The molecule has 0 nitrogen and oxygen atoms in total. The van der Waals surface area contributed by atoms with E-state index >= 15 is 0 Å². The molecule has 0 fully saturated rings. The van der Waals surface area contributed by atoms with Crippen LogP contribution >= 0.6 is 0 Å². The van der Waals surface area contributed by atoms with E-state index in [0.29, 0.717) is 0 Å². The van der Waals surface area contributed by atoms with Gasteiger partial charge in [-0.3, -0.25) is 0 Å². The molecule has 108 valence electrons. The predicted molar refractivity (Wildman–Crippen MR) is 94.1 cm³/mol. The van der Waals surface area contributed by atoms with Gasteiger partial charge < -0.3 is 0 Å². The molecule has 0 N–H and O–H groups in total. The van der Waals surface area contributed by atoms with Gasteiger partial charge in [0.05, 0.1) is 0 Å². The minimum absolute atomic E-state index is 1.09. The first-order valence-corrected chi connectivity index (χ1v) is 8.16. The molecule has 4 rings (SSSR count). The van der Waals surface area contributed by atoms with E-state index in [2.05, 4.69) is 73.7 Å². The Bertz CT molecular complexity index is 813. The van der Waals surface area contributed by atoms with E-state index in [1.807, 2.05) is 0 Å². The first-order valence-electron chi connectivity index (χ1n) is 8.16. The molecular weight excluding hydrogens is 264 g/mol. The molecule has 3 aromatic carbocycles. The first-order chi connectivity index (χ1) is 10.9. The molecule has 0 saturated heterocycles. The van der Waals surface area contributed by atoms with E-state index in [9.17, 15) is 0 Å². The number of hydrogen-bond donors (Lipinski definition) is 0. The number of benzene rings is 3. The molecule has 3 aromatic rings. The van der Waals surface area contributed by atoms with E-state index < -0.39 is 0 Å². The molecule has 0 amide bonds. The highest BCUT2D eigenvalue weighted by molar-refractivity contribution is 5.82. The van der Waals surface area contributed by atoms with E-state index in [4.69, 9.17) is 0 Å². The van der Waals surface area contributed by atoms with Gasteiger partial charge in [-0.2, -0.15) is 0 Å². The smallest absolute Gasteiger partial charge is 0.00107 e. The molecule has 1 aliphatic carbocycles. The highest BCUT2D eigenvalue weighted by Crippen LogP contribution is 2.41. The van der Waals surface area contributed by atoms with Crippen molar-refractivity contribution < 1.29 is 0 Å². The van der Waals surface area contributed by atoms with Crippen LogP contribution in [0.1, 0.15) is 30.0 Å². The molecule has 0 bridgehead atoms. The topological polar surface area (TPSA) is 0 Å². The molecule has 0 saturated carbocycles. The molecule has 0 aliphatic heterocycles. The van der Waals surface area contributed by atoms with Crippen molar-refractivity contribution in [3.63, 3.8) is 0 Å². The summed E-state index contributed by atoms with van der Waals surface area (Å²) < 4.78 is 0. The van der Waals surface area contributed by atoms with Crippen LogP contribution in [0.25, 0.3) is 22.3 Å². The summed E-state index contributed by atoms with van der Waals surface area (Å²) in [5, 5.41) is 0. The highest BCUT2D eigenvalue weighted by atomic mass is 14.2. The maximum Gasteiger partial charge on any atom is -0.00107 e. The van der Waals surface area contributed by atoms with Gasteiger partial charge in [-0.25, -0.2) is 0 Å². The van der Waals surface area contributed by atoms with Crippen molar-refractivity contribution in [2.45, 2.75) is 26.2 Å². The standard InChI is InChI=1S/C22H20/c1-2-8-17-13-19(16-9-4-3-5-10-16)15-22-20-12-7-6-11-18(20)14-21(17)22/h3-7,9-13,15H,2,8,14H2,1H3. The lowest BCUT2D eigenvalue weighted by molar-refractivity contribution is 0.909. The normalized spacial score (nSPS) is 12.0. The summed E-state index contributed by atoms with van der Waals surface area (Å²) in [6.07, 6.45) is 3.45. The molecule has 0 atom stereocenters. The van der Waals surface area contributed by atoms with Gasteiger partial charge in [0.15, 0.2) is 0 Å². The lowest BCUT2D eigenvalue weighted by Crippen LogP contribution is -1.94. The summed E-state index contributed by atoms with van der Waals surface area (Å²) in [6, 6.07) is 24.4. The van der Waals surface area contributed by atoms with Crippen molar-refractivity contribution in [1.82, 2.24) is 0 Å². The number of hydrogen-bond acceptors (Lipinski definition) is 0. The lowest BCUT2D eigenvalue weighted by Gasteiger charge is -2.12. The average Bonchev–Trinajstić information content (AvgIpc) is 2.95. The molecular formula is C22H20. The molecule has 0 spiro atoms. The van der Waals surface area contributed by atoms with Crippen molar-refractivity contribution in [3.8, 4) is 22.3 Å². The van der Waals surface area contributed by atoms with E-state index in [1.165, 1.54) is 39.8 Å². The third-order valence-electron chi connectivity index (χ3n) is 4.64. The quantitative estimate of drug-likeness (QED) is 0.441. The second kappa shape index (κ2) is 5.46. The zero-order valence-electron chi connectivity index (χ0n) is 13.0. The maximum atomic E-state index is 2.41. The summed E-state index contributed by atoms with van der Waals surface area (Å²) in [7, 11) is 0. The zero-order valence-corrected chi connectivity index (χ0v) is 13.0. The Kier molecular flexibility index (Phi) is 3.31. The third-order valence-corrected chi connectivity index (χ3v) is 4.64. The van der Waals surface area contributed by atoms with Crippen LogP contribution in [0.5, 0.6) is 0 Å². The van der Waals surface area contributed by atoms with Crippen molar-refractivity contribution in [2.24, 2.45) is 0 Å². The van der Waals surface area contributed by atoms with E-state index in [-0.39, 0.29) is 0 Å². The van der Waals surface area contributed by atoms with Crippen LogP contribution in [-0.4, -0.2) is 0 Å². The van der Waals surface area contributed by atoms with Gasteiger partial charge in [-0.15, -0.1) is 0 Å². The second-order valence-corrected chi connectivity index (χ2v) is 6.11. The Balaban J connectivity index is 1.93. The van der Waals surface area contributed by atoms with E-state index in [1.54, 1.807) is 5.56 Å². The molecule has 0 unspecified atom stereocenters. The number of aryl methyl sites for hydroxylation is 1. The molecule has 1 aliphatic rings. The second-order valence-electron chi connectivity index (χ2n) is 6.11. The molecule has 0 heteroatoms. The van der Waals surface area contributed by atoms with Crippen molar-refractivity contribution >= 4 is 0 Å². The van der Waals surface area contributed by atoms with Crippen LogP contribution in [0, 0.1) is 0 Å².